The lowest BCUT2D eigenvalue weighted by molar-refractivity contribution is -0.138. The van der Waals surface area contributed by atoms with Crippen molar-refractivity contribution in [3.8, 4) is 0 Å². The Morgan fingerprint density at radius 2 is 2.47 bits per heavy atom. The van der Waals surface area contributed by atoms with Gasteiger partial charge in [-0.05, 0) is 13.5 Å². The zero-order valence-corrected chi connectivity index (χ0v) is 9.83. The average molecular weight is 228 g/mol. The van der Waals surface area contributed by atoms with E-state index in [9.17, 15) is 4.79 Å². The Hall–Kier alpha value is -0.940. The van der Waals surface area contributed by atoms with E-state index in [2.05, 4.69) is 9.88 Å². The number of hydrogen-bond acceptors (Lipinski definition) is 4. The van der Waals surface area contributed by atoms with E-state index < -0.39 is 5.97 Å². The fourth-order valence-corrected chi connectivity index (χ4v) is 2.10. The van der Waals surface area contributed by atoms with Gasteiger partial charge in [-0.15, -0.1) is 11.3 Å². The van der Waals surface area contributed by atoms with Gasteiger partial charge in [-0.2, -0.15) is 0 Å². The first kappa shape index (κ1) is 12.1. The molecule has 0 aliphatic carbocycles. The van der Waals surface area contributed by atoms with Crippen LogP contribution in [0.2, 0.25) is 0 Å². The SMILES string of the molecule is CCN(Cc1cncs1)C(C)CC(=O)O. The van der Waals surface area contributed by atoms with Crippen molar-refractivity contribution in [2.24, 2.45) is 0 Å². The molecule has 1 rings (SSSR count). The summed E-state index contributed by atoms with van der Waals surface area (Å²) in [6.07, 6.45) is 2.02. The minimum atomic E-state index is -0.745. The average Bonchev–Trinajstić information content (AvgIpc) is 2.65. The van der Waals surface area contributed by atoms with E-state index in [0.717, 1.165) is 13.1 Å². The van der Waals surface area contributed by atoms with E-state index >= 15 is 0 Å². The summed E-state index contributed by atoms with van der Waals surface area (Å²) in [6, 6.07) is 0.0644. The third-order valence-electron chi connectivity index (χ3n) is 2.34. The summed E-state index contributed by atoms with van der Waals surface area (Å²) in [6.45, 7) is 5.63. The van der Waals surface area contributed by atoms with Crippen LogP contribution in [0.3, 0.4) is 0 Å². The first-order chi connectivity index (χ1) is 7.13. The van der Waals surface area contributed by atoms with Gasteiger partial charge in [0.2, 0.25) is 0 Å². The molecule has 1 aromatic heterocycles. The molecule has 4 nitrogen and oxygen atoms in total. The second-order valence-corrected chi connectivity index (χ2v) is 4.45. The fourth-order valence-electron chi connectivity index (χ4n) is 1.48. The number of carboxylic acids is 1. The normalized spacial score (nSPS) is 13.0. The fraction of sp³-hybridized carbons (Fsp3) is 0.600. The van der Waals surface area contributed by atoms with Crippen molar-refractivity contribution in [1.82, 2.24) is 9.88 Å². The highest BCUT2D eigenvalue weighted by molar-refractivity contribution is 7.09. The van der Waals surface area contributed by atoms with Crippen LogP contribution in [0.25, 0.3) is 0 Å². The number of aromatic nitrogens is 1. The molecule has 0 radical (unpaired) electrons. The number of carboxylic acid groups (broad SMARTS) is 1. The predicted octanol–water partition coefficient (Wildman–Crippen LogP) is 1.83. The second-order valence-electron chi connectivity index (χ2n) is 3.48. The summed E-state index contributed by atoms with van der Waals surface area (Å²) in [7, 11) is 0. The van der Waals surface area contributed by atoms with Crippen molar-refractivity contribution in [3.63, 3.8) is 0 Å². The van der Waals surface area contributed by atoms with E-state index in [4.69, 9.17) is 5.11 Å². The summed E-state index contributed by atoms with van der Waals surface area (Å²) < 4.78 is 0. The summed E-state index contributed by atoms with van der Waals surface area (Å²) >= 11 is 1.60. The smallest absolute Gasteiger partial charge is 0.304 e. The molecule has 0 aliphatic rings. The van der Waals surface area contributed by atoms with Gasteiger partial charge in [-0.3, -0.25) is 14.7 Å². The number of carbonyl (C=O) groups is 1. The lowest BCUT2D eigenvalue weighted by Crippen LogP contribution is -2.33. The van der Waals surface area contributed by atoms with Crippen LogP contribution in [0.5, 0.6) is 0 Å². The van der Waals surface area contributed by atoms with Gasteiger partial charge in [0.1, 0.15) is 0 Å². The maximum absolute atomic E-state index is 10.6. The van der Waals surface area contributed by atoms with Gasteiger partial charge in [-0.25, -0.2) is 0 Å². The highest BCUT2D eigenvalue weighted by Crippen LogP contribution is 2.13. The first-order valence-electron chi connectivity index (χ1n) is 4.96. The van der Waals surface area contributed by atoms with Crippen molar-refractivity contribution in [3.05, 3.63) is 16.6 Å². The molecule has 1 atom stereocenters. The molecule has 0 saturated carbocycles. The molecule has 15 heavy (non-hydrogen) atoms. The predicted molar refractivity (Wildman–Crippen MR) is 59.9 cm³/mol. The lowest BCUT2D eigenvalue weighted by atomic mass is 10.2. The van der Waals surface area contributed by atoms with Gasteiger partial charge in [-0.1, -0.05) is 6.92 Å². The molecule has 0 fully saturated rings. The number of hydrogen-bond donors (Lipinski definition) is 1. The highest BCUT2D eigenvalue weighted by atomic mass is 32.1. The molecule has 1 heterocycles. The standard InChI is InChI=1S/C10H16N2O2S/c1-3-12(8(2)4-10(13)14)6-9-5-11-7-15-9/h5,7-8H,3-4,6H2,1-2H3,(H,13,14). The van der Waals surface area contributed by atoms with Crippen LogP contribution in [0.15, 0.2) is 11.7 Å². The quantitative estimate of drug-likeness (QED) is 0.807. The molecule has 0 amide bonds. The van der Waals surface area contributed by atoms with Gasteiger partial charge >= 0.3 is 5.97 Å². The molecule has 0 aliphatic heterocycles. The van der Waals surface area contributed by atoms with Crippen LogP contribution >= 0.6 is 11.3 Å². The molecular formula is C10H16N2O2S. The summed E-state index contributed by atoms with van der Waals surface area (Å²) in [5.41, 5.74) is 1.80. The Morgan fingerprint density at radius 1 is 1.73 bits per heavy atom. The van der Waals surface area contributed by atoms with Crippen LogP contribution in [0, 0.1) is 0 Å². The van der Waals surface area contributed by atoms with Crippen LogP contribution in [-0.4, -0.2) is 33.5 Å². The zero-order chi connectivity index (χ0) is 11.3. The number of thiazole rings is 1. The molecule has 0 aromatic carbocycles. The minimum Gasteiger partial charge on any atom is -0.481 e. The molecule has 84 valence electrons. The Morgan fingerprint density at radius 3 is 2.93 bits per heavy atom. The van der Waals surface area contributed by atoms with Crippen molar-refractivity contribution in [2.45, 2.75) is 32.9 Å². The van der Waals surface area contributed by atoms with E-state index in [-0.39, 0.29) is 12.5 Å². The van der Waals surface area contributed by atoms with E-state index in [1.54, 1.807) is 16.8 Å². The van der Waals surface area contributed by atoms with Crippen LogP contribution in [0.4, 0.5) is 0 Å². The number of rotatable bonds is 6. The summed E-state index contributed by atoms with van der Waals surface area (Å²) in [5, 5.41) is 8.72. The monoisotopic (exact) mass is 228 g/mol. The minimum absolute atomic E-state index is 0.0644. The van der Waals surface area contributed by atoms with Crippen LogP contribution in [-0.2, 0) is 11.3 Å². The van der Waals surface area contributed by atoms with E-state index in [1.807, 2.05) is 20.0 Å². The molecular weight excluding hydrogens is 212 g/mol. The van der Waals surface area contributed by atoms with Crippen LogP contribution < -0.4 is 0 Å². The number of nitrogens with zero attached hydrogens (tertiary/aromatic N) is 2. The van der Waals surface area contributed by atoms with Gasteiger partial charge < -0.3 is 5.11 Å². The van der Waals surface area contributed by atoms with Crippen molar-refractivity contribution in [1.29, 1.82) is 0 Å². The number of aliphatic carboxylic acids is 1. The highest BCUT2D eigenvalue weighted by Gasteiger charge is 2.15. The second kappa shape index (κ2) is 5.82. The third kappa shape index (κ3) is 3.97. The molecule has 1 unspecified atom stereocenters. The Bertz CT molecular complexity index is 300. The lowest BCUT2D eigenvalue weighted by Gasteiger charge is -2.25. The van der Waals surface area contributed by atoms with Gasteiger partial charge in [0.05, 0.1) is 11.9 Å². The molecule has 0 bridgehead atoms. The van der Waals surface area contributed by atoms with Crippen molar-refractivity contribution in [2.75, 3.05) is 6.54 Å². The van der Waals surface area contributed by atoms with E-state index in [1.165, 1.54) is 4.88 Å². The van der Waals surface area contributed by atoms with Gasteiger partial charge in [0.25, 0.3) is 0 Å². The third-order valence-corrected chi connectivity index (χ3v) is 3.11. The van der Waals surface area contributed by atoms with Crippen molar-refractivity contribution < 1.29 is 9.90 Å². The van der Waals surface area contributed by atoms with E-state index in [0.29, 0.717) is 0 Å². The largest absolute Gasteiger partial charge is 0.481 e. The molecule has 0 spiro atoms. The Balaban J connectivity index is 2.51. The van der Waals surface area contributed by atoms with Gasteiger partial charge in [0, 0.05) is 23.7 Å². The molecule has 1 aromatic rings. The summed E-state index contributed by atoms with van der Waals surface area (Å²) in [5.74, 6) is -0.745. The molecule has 0 saturated heterocycles. The Kier molecular flexibility index (Phi) is 4.71. The first-order valence-corrected chi connectivity index (χ1v) is 5.84. The van der Waals surface area contributed by atoms with Crippen LogP contribution in [0.1, 0.15) is 25.1 Å². The maximum atomic E-state index is 10.6. The van der Waals surface area contributed by atoms with Crippen molar-refractivity contribution >= 4 is 17.3 Å². The zero-order valence-electron chi connectivity index (χ0n) is 9.01. The maximum Gasteiger partial charge on any atom is 0.304 e. The molecule has 5 heteroatoms. The van der Waals surface area contributed by atoms with Gasteiger partial charge in [0.15, 0.2) is 0 Å². The Labute approximate surface area is 93.6 Å². The topological polar surface area (TPSA) is 53.4 Å². The molecule has 1 N–H and O–H groups in total. The summed E-state index contributed by atoms with van der Waals surface area (Å²) in [4.78, 5) is 17.9.